The molecule has 0 fully saturated rings. The smallest absolute Gasteiger partial charge is 0.240 e. The second-order valence-corrected chi connectivity index (χ2v) is 11.3. The molecule has 0 amide bonds. The number of sulfonamides is 1. The summed E-state index contributed by atoms with van der Waals surface area (Å²) in [4.78, 5) is 7.58. The first-order valence-electron chi connectivity index (χ1n) is 7.45. The van der Waals surface area contributed by atoms with Crippen molar-refractivity contribution in [3.8, 4) is 0 Å². The van der Waals surface area contributed by atoms with Gasteiger partial charge in [-0.05, 0) is 46.0 Å². The van der Waals surface area contributed by atoms with Gasteiger partial charge < -0.3 is 5.32 Å². The van der Waals surface area contributed by atoms with Crippen molar-refractivity contribution in [1.29, 1.82) is 0 Å². The lowest BCUT2D eigenvalue weighted by Crippen LogP contribution is -2.28. The normalized spacial score (nSPS) is 12.8. The van der Waals surface area contributed by atoms with E-state index >= 15 is 0 Å². The standard InChI is InChI=1S/C15H19ClN4O4S2/c1-15(2,3)25(21,22)12-6-5-10(26(23,24)17-4)7-11(12)20-14-8-13(16)18-9-19-14/h5-9,17H,1-4H3,(H,18,19,20). The van der Waals surface area contributed by atoms with Gasteiger partial charge >= 0.3 is 0 Å². The molecule has 0 spiro atoms. The van der Waals surface area contributed by atoms with Gasteiger partial charge in [-0.3, -0.25) is 0 Å². The number of sulfone groups is 1. The van der Waals surface area contributed by atoms with E-state index in [0.29, 0.717) is 0 Å². The highest BCUT2D eigenvalue weighted by Crippen LogP contribution is 2.33. The van der Waals surface area contributed by atoms with E-state index in [1.807, 2.05) is 0 Å². The van der Waals surface area contributed by atoms with Crippen LogP contribution in [0.3, 0.4) is 0 Å². The van der Waals surface area contributed by atoms with Crippen LogP contribution in [-0.4, -0.2) is 38.6 Å². The molecule has 11 heteroatoms. The molecule has 0 saturated carbocycles. The summed E-state index contributed by atoms with van der Waals surface area (Å²) in [5.41, 5.74) is 0.0750. The Morgan fingerprint density at radius 1 is 1.04 bits per heavy atom. The Balaban J connectivity index is 2.69. The van der Waals surface area contributed by atoms with Crippen LogP contribution in [0.2, 0.25) is 5.15 Å². The fourth-order valence-electron chi connectivity index (χ4n) is 2.00. The minimum absolute atomic E-state index is 0.0465. The van der Waals surface area contributed by atoms with E-state index in [9.17, 15) is 16.8 Å². The van der Waals surface area contributed by atoms with Gasteiger partial charge in [-0.2, -0.15) is 0 Å². The summed E-state index contributed by atoms with van der Waals surface area (Å²) < 4.78 is 51.1. The number of nitrogens with zero attached hydrogens (tertiary/aromatic N) is 2. The van der Waals surface area contributed by atoms with Crippen LogP contribution in [0.15, 0.2) is 40.4 Å². The predicted octanol–water partition coefficient (Wildman–Crippen LogP) is 2.35. The molecule has 0 bridgehead atoms. The molecule has 8 nitrogen and oxygen atoms in total. The number of hydrogen-bond acceptors (Lipinski definition) is 7. The van der Waals surface area contributed by atoms with E-state index in [2.05, 4.69) is 20.0 Å². The van der Waals surface area contributed by atoms with E-state index in [0.717, 1.165) is 0 Å². The summed E-state index contributed by atoms with van der Waals surface area (Å²) in [6.45, 7) is 4.68. The Morgan fingerprint density at radius 3 is 2.23 bits per heavy atom. The number of aromatic nitrogens is 2. The van der Waals surface area contributed by atoms with Crippen molar-refractivity contribution in [2.75, 3.05) is 12.4 Å². The SMILES string of the molecule is CNS(=O)(=O)c1ccc(S(=O)(=O)C(C)(C)C)c(Nc2cc(Cl)ncn2)c1. The van der Waals surface area contributed by atoms with Crippen molar-refractivity contribution in [3.05, 3.63) is 35.7 Å². The zero-order chi connectivity index (χ0) is 19.8. The zero-order valence-corrected chi connectivity index (χ0v) is 17.0. The fraction of sp³-hybridized carbons (Fsp3) is 0.333. The molecule has 0 unspecified atom stereocenters. The van der Waals surface area contributed by atoms with Gasteiger partial charge in [0, 0.05) is 6.07 Å². The average molecular weight is 419 g/mol. The maximum Gasteiger partial charge on any atom is 0.240 e. The third-order valence-corrected chi connectivity index (χ3v) is 7.69. The van der Waals surface area contributed by atoms with Gasteiger partial charge in [0.1, 0.15) is 17.3 Å². The summed E-state index contributed by atoms with van der Waals surface area (Å²) in [6.07, 6.45) is 1.21. The van der Waals surface area contributed by atoms with E-state index in [1.165, 1.54) is 37.6 Å². The topological polar surface area (TPSA) is 118 Å². The van der Waals surface area contributed by atoms with Crippen LogP contribution in [-0.2, 0) is 19.9 Å². The van der Waals surface area contributed by atoms with Crippen molar-refractivity contribution < 1.29 is 16.8 Å². The van der Waals surface area contributed by atoms with Crippen LogP contribution < -0.4 is 10.0 Å². The number of nitrogens with one attached hydrogen (secondary N) is 2. The van der Waals surface area contributed by atoms with E-state index in [-0.39, 0.29) is 26.4 Å². The van der Waals surface area contributed by atoms with Crippen molar-refractivity contribution in [1.82, 2.24) is 14.7 Å². The molecule has 1 heterocycles. The molecule has 1 aromatic heterocycles. The summed E-state index contributed by atoms with van der Waals surface area (Å²) in [7, 11) is -6.25. The van der Waals surface area contributed by atoms with Gasteiger partial charge in [-0.1, -0.05) is 11.6 Å². The molecular formula is C15H19ClN4O4S2. The van der Waals surface area contributed by atoms with Gasteiger partial charge in [0.05, 0.1) is 20.2 Å². The molecule has 0 atom stereocenters. The summed E-state index contributed by atoms with van der Waals surface area (Å²) in [5, 5.41) is 2.98. The highest BCUT2D eigenvalue weighted by atomic mass is 35.5. The second-order valence-electron chi connectivity index (χ2n) is 6.33. The molecule has 2 aromatic rings. The van der Waals surface area contributed by atoms with Gasteiger partial charge in [-0.25, -0.2) is 31.5 Å². The molecule has 2 rings (SSSR count). The summed E-state index contributed by atoms with van der Waals surface area (Å²) in [6, 6.07) is 5.13. The van der Waals surface area contributed by atoms with Gasteiger partial charge in [0.25, 0.3) is 0 Å². The molecule has 142 valence electrons. The lowest BCUT2D eigenvalue weighted by Gasteiger charge is -2.22. The number of benzene rings is 1. The van der Waals surface area contributed by atoms with Crippen molar-refractivity contribution in [2.45, 2.75) is 35.3 Å². The number of halogens is 1. The number of hydrogen-bond donors (Lipinski definition) is 2. The third-order valence-electron chi connectivity index (χ3n) is 3.52. The lowest BCUT2D eigenvalue weighted by atomic mass is 10.3. The monoisotopic (exact) mass is 418 g/mol. The predicted molar refractivity (Wildman–Crippen MR) is 100.0 cm³/mol. The molecule has 0 radical (unpaired) electrons. The highest BCUT2D eigenvalue weighted by Gasteiger charge is 2.33. The van der Waals surface area contributed by atoms with Gasteiger partial charge in [-0.15, -0.1) is 0 Å². The largest absolute Gasteiger partial charge is 0.339 e. The number of rotatable bonds is 5. The molecular weight excluding hydrogens is 400 g/mol. The Labute approximate surface area is 158 Å². The second kappa shape index (κ2) is 7.10. The maximum absolute atomic E-state index is 12.9. The van der Waals surface area contributed by atoms with Crippen molar-refractivity contribution in [3.63, 3.8) is 0 Å². The fourth-order valence-corrected chi connectivity index (χ4v) is 4.21. The van der Waals surface area contributed by atoms with Crippen LogP contribution in [0.5, 0.6) is 0 Å². The summed E-state index contributed by atoms with van der Waals surface area (Å²) >= 11 is 5.82. The minimum Gasteiger partial charge on any atom is -0.339 e. The molecule has 1 aromatic carbocycles. The first kappa shape index (κ1) is 20.6. The molecule has 0 saturated heterocycles. The molecule has 2 N–H and O–H groups in total. The highest BCUT2D eigenvalue weighted by molar-refractivity contribution is 7.93. The minimum atomic E-state index is -3.76. The zero-order valence-electron chi connectivity index (χ0n) is 14.6. The molecule has 0 aliphatic rings. The van der Waals surface area contributed by atoms with E-state index in [1.54, 1.807) is 20.8 Å². The molecule has 0 aliphatic heterocycles. The van der Waals surface area contributed by atoms with Crippen LogP contribution in [0.25, 0.3) is 0 Å². The van der Waals surface area contributed by atoms with Crippen LogP contribution >= 0.6 is 11.6 Å². The molecule has 26 heavy (non-hydrogen) atoms. The van der Waals surface area contributed by atoms with Gasteiger partial charge in [0.2, 0.25) is 10.0 Å². The van der Waals surface area contributed by atoms with Gasteiger partial charge in [0.15, 0.2) is 9.84 Å². The van der Waals surface area contributed by atoms with Crippen molar-refractivity contribution in [2.24, 2.45) is 0 Å². The van der Waals surface area contributed by atoms with Crippen LogP contribution in [0.4, 0.5) is 11.5 Å². The first-order valence-corrected chi connectivity index (χ1v) is 10.8. The molecule has 0 aliphatic carbocycles. The maximum atomic E-state index is 12.9. The van der Waals surface area contributed by atoms with Crippen LogP contribution in [0.1, 0.15) is 20.8 Å². The van der Waals surface area contributed by atoms with Crippen LogP contribution in [0, 0.1) is 0 Å². The lowest BCUT2D eigenvalue weighted by molar-refractivity contribution is 0.560. The quantitative estimate of drug-likeness (QED) is 0.715. The Bertz CT molecular complexity index is 1030. The van der Waals surface area contributed by atoms with Crippen molar-refractivity contribution >= 4 is 43.0 Å². The Morgan fingerprint density at radius 2 is 1.69 bits per heavy atom. The average Bonchev–Trinajstić information content (AvgIpc) is 2.53. The third kappa shape index (κ3) is 4.14. The Hall–Kier alpha value is -1.75. The number of anilines is 2. The van der Waals surface area contributed by atoms with E-state index in [4.69, 9.17) is 11.6 Å². The Kier molecular flexibility index (Phi) is 5.62. The van der Waals surface area contributed by atoms with E-state index < -0.39 is 24.6 Å². The first-order chi connectivity index (χ1) is 11.9. The summed E-state index contributed by atoms with van der Waals surface area (Å²) in [5.74, 6) is 0.231.